The minimum absolute atomic E-state index is 0.0979. The maximum Gasteiger partial charge on any atom is 0.242 e. The summed E-state index contributed by atoms with van der Waals surface area (Å²) in [5, 5.41) is 3.19. The van der Waals surface area contributed by atoms with Gasteiger partial charge in [-0.25, -0.2) is 13.1 Å². The third-order valence-corrected chi connectivity index (χ3v) is 4.60. The zero-order valence-corrected chi connectivity index (χ0v) is 14.2. The lowest BCUT2D eigenvalue weighted by molar-refractivity contribution is 0.114. The van der Waals surface area contributed by atoms with Crippen molar-refractivity contribution in [2.75, 3.05) is 26.8 Å². The Morgan fingerprint density at radius 2 is 2.05 bits per heavy atom. The Kier molecular flexibility index (Phi) is 7.62. The Morgan fingerprint density at radius 1 is 1.33 bits per heavy atom. The molecule has 0 atom stereocenters. The zero-order chi connectivity index (χ0) is 15.9. The highest BCUT2D eigenvalue weighted by atomic mass is 35.5. The molecule has 0 bridgehead atoms. The van der Waals surface area contributed by atoms with Crippen LogP contribution >= 0.6 is 11.6 Å². The molecule has 1 aromatic carbocycles. The third-order valence-electron chi connectivity index (χ3n) is 2.66. The summed E-state index contributed by atoms with van der Waals surface area (Å²) in [5.74, 6) is 0.425. The van der Waals surface area contributed by atoms with Gasteiger partial charge in [-0.2, -0.15) is 0 Å². The second-order valence-corrected chi connectivity index (χ2v) is 7.30. The molecular weight excluding hydrogens is 312 g/mol. The number of sulfonamides is 1. The summed E-state index contributed by atoms with van der Waals surface area (Å²) in [6, 6.07) is 4.97. The SMILES string of the molecule is CNCc1ccc(Cl)c(S(=O)(=O)NCCOCC(C)C)c1. The van der Waals surface area contributed by atoms with E-state index in [1.54, 1.807) is 25.2 Å². The summed E-state index contributed by atoms with van der Waals surface area (Å²) >= 11 is 5.99. The number of ether oxygens (including phenoxy) is 1. The molecular formula is C14H23ClN2O3S. The van der Waals surface area contributed by atoms with Crippen molar-refractivity contribution in [3.63, 3.8) is 0 Å². The quantitative estimate of drug-likeness (QED) is 0.678. The summed E-state index contributed by atoms with van der Waals surface area (Å²) in [6.45, 7) is 5.83. The van der Waals surface area contributed by atoms with Crippen molar-refractivity contribution in [1.29, 1.82) is 0 Å². The Morgan fingerprint density at radius 3 is 2.67 bits per heavy atom. The average molecular weight is 335 g/mol. The molecule has 21 heavy (non-hydrogen) atoms. The van der Waals surface area contributed by atoms with Crippen molar-refractivity contribution in [3.05, 3.63) is 28.8 Å². The van der Waals surface area contributed by atoms with Crippen LogP contribution in [0.15, 0.2) is 23.1 Å². The number of halogens is 1. The molecule has 0 spiro atoms. The van der Waals surface area contributed by atoms with Crippen LogP contribution in [0.5, 0.6) is 0 Å². The molecule has 1 aromatic rings. The molecule has 0 saturated heterocycles. The predicted octanol–water partition coefficient (Wildman–Crippen LogP) is 2.01. The Labute approximate surface area is 132 Å². The maximum absolute atomic E-state index is 12.2. The van der Waals surface area contributed by atoms with Crippen molar-refractivity contribution in [1.82, 2.24) is 10.0 Å². The maximum atomic E-state index is 12.2. The fourth-order valence-electron chi connectivity index (χ4n) is 1.71. The smallest absolute Gasteiger partial charge is 0.242 e. The highest BCUT2D eigenvalue weighted by Crippen LogP contribution is 2.22. The molecule has 0 aliphatic carbocycles. The van der Waals surface area contributed by atoms with Crippen molar-refractivity contribution >= 4 is 21.6 Å². The van der Waals surface area contributed by atoms with E-state index in [0.29, 0.717) is 25.7 Å². The normalized spacial score (nSPS) is 12.0. The molecule has 7 heteroatoms. The fourth-order valence-corrected chi connectivity index (χ4v) is 3.27. The van der Waals surface area contributed by atoms with Gasteiger partial charge in [0.1, 0.15) is 4.90 Å². The number of benzene rings is 1. The predicted molar refractivity (Wildman–Crippen MR) is 85.1 cm³/mol. The number of hydrogen-bond donors (Lipinski definition) is 2. The summed E-state index contributed by atoms with van der Waals surface area (Å²) in [7, 11) is -1.82. The van der Waals surface area contributed by atoms with Crippen LogP contribution in [0.25, 0.3) is 0 Å². The molecule has 0 fully saturated rings. The molecule has 2 N–H and O–H groups in total. The lowest BCUT2D eigenvalue weighted by atomic mass is 10.2. The average Bonchev–Trinajstić information content (AvgIpc) is 2.40. The molecule has 1 rings (SSSR count). The highest BCUT2D eigenvalue weighted by Gasteiger charge is 2.17. The lowest BCUT2D eigenvalue weighted by Crippen LogP contribution is -2.28. The number of nitrogens with one attached hydrogen (secondary N) is 2. The van der Waals surface area contributed by atoms with Gasteiger partial charge < -0.3 is 10.1 Å². The molecule has 0 amide bonds. The summed E-state index contributed by atoms with van der Waals surface area (Å²) < 4.78 is 32.3. The zero-order valence-electron chi connectivity index (χ0n) is 12.6. The largest absolute Gasteiger partial charge is 0.380 e. The van der Waals surface area contributed by atoms with Gasteiger partial charge in [0.15, 0.2) is 0 Å². The number of rotatable bonds is 9. The molecule has 0 radical (unpaired) electrons. The summed E-state index contributed by atoms with van der Waals surface area (Å²) in [5.41, 5.74) is 0.860. The van der Waals surface area contributed by atoms with Crippen LogP contribution in [0.1, 0.15) is 19.4 Å². The fraction of sp³-hybridized carbons (Fsp3) is 0.571. The first-order valence-electron chi connectivity index (χ1n) is 6.87. The first kappa shape index (κ1) is 18.4. The van der Waals surface area contributed by atoms with E-state index in [-0.39, 0.29) is 16.5 Å². The molecule has 0 aliphatic rings. The minimum Gasteiger partial charge on any atom is -0.380 e. The second-order valence-electron chi connectivity index (χ2n) is 5.16. The van der Waals surface area contributed by atoms with E-state index in [1.807, 2.05) is 13.8 Å². The van der Waals surface area contributed by atoms with Gasteiger partial charge >= 0.3 is 0 Å². The van der Waals surface area contributed by atoms with Crippen molar-refractivity contribution in [2.45, 2.75) is 25.3 Å². The number of hydrogen-bond acceptors (Lipinski definition) is 4. The van der Waals surface area contributed by atoms with E-state index in [1.165, 1.54) is 0 Å². The minimum atomic E-state index is -3.62. The van der Waals surface area contributed by atoms with Gasteiger partial charge in [0.2, 0.25) is 10.0 Å². The van der Waals surface area contributed by atoms with Crippen molar-refractivity contribution in [2.24, 2.45) is 5.92 Å². The molecule has 0 unspecified atom stereocenters. The molecule has 120 valence electrons. The van der Waals surface area contributed by atoms with Crippen LogP contribution in [0.2, 0.25) is 5.02 Å². The van der Waals surface area contributed by atoms with Gasteiger partial charge in [0, 0.05) is 19.7 Å². The highest BCUT2D eigenvalue weighted by molar-refractivity contribution is 7.89. The monoisotopic (exact) mass is 334 g/mol. The second kappa shape index (κ2) is 8.70. The summed E-state index contributed by atoms with van der Waals surface area (Å²) in [6.07, 6.45) is 0. The molecule has 0 aliphatic heterocycles. The molecule has 0 saturated carbocycles. The van der Waals surface area contributed by atoms with Crippen LogP contribution in [0.4, 0.5) is 0 Å². The topological polar surface area (TPSA) is 67.4 Å². The van der Waals surface area contributed by atoms with E-state index in [9.17, 15) is 8.42 Å². The van der Waals surface area contributed by atoms with Gasteiger partial charge in [0.25, 0.3) is 0 Å². The van der Waals surface area contributed by atoms with E-state index in [0.717, 1.165) is 5.56 Å². The van der Waals surface area contributed by atoms with Gasteiger partial charge in [-0.15, -0.1) is 0 Å². The Bertz CT molecular complexity index is 547. The Hall–Kier alpha value is -0.660. The molecule has 0 heterocycles. The van der Waals surface area contributed by atoms with E-state index >= 15 is 0 Å². The van der Waals surface area contributed by atoms with Gasteiger partial charge in [-0.05, 0) is 30.7 Å². The van der Waals surface area contributed by atoms with Crippen LogP contribution in [-0.4, -0.2) is 35.2 Å². The summed E-state index contributed by atoms with van der Waals surface area (Å²) in [4.78, 5) is 0.0979. The van der Waals surface area contributed by atoms with E-state index in [2.05, 4.69) is 10.0 Å². The Balaban J connectivity index is 2.67. The van der Waals surface area contributed by atoms with Gasteiger partial charge in [0.05, 0.1) is 11.6 Å². The van der Waals surface area contributed by atoms with Crippen molar-refractivity contribution in [3.8, 4) is 0 Å². The molecule has 0 aromatic heterocycles. The first-order valence-corrected chi connectivity index (χ1v) is 8.73. The van der Waals surface area contributed by atoms with Crippen molar-refractivity contribution < 1.29 is 13.2 Å². The van der Waals surface area contributed by atoms with E-state index < -0.39 is 10.0 Å². The van der Waals surface area contributed by atoms with Crippen LogP contribution in [0, 0.1) is 5.92 Å². The molecule has 5 nitrogen and oxygen atoms in total. The van der Waals surface area contributed by atoms with Crippen LogP contribution in [-0.2, 0) is 21.3 Å². The van der Waals surface area contributed by atoms with Crippen LogP contribution < -0.4 is 10.0 Å². The first-order chi connectivity index (χ1) is 9.86. The third kappa shape index (κ3) is 6.32. The van der Waals surface area contributed by atoms with Gasteiger partial charge in [-0.1, -0.05) is 31.5 Å². The van der Waals surface area contributed by atoms with Crippen LogP contribution in [0.3, 0.4) is 0 Å². The lowest BCUT2D eigenvalue weighted by Gasteiger charge is -2.11. The van der Waals surface area contributed by atoms with E-state index in [4.69, 9.17) is 16.3 Å². The van der Waals surface area contributed by atoms with Gasteiger partial charge in [-0.3, -0.25) is 0 Å². The standard InChI is InChI=1S/C14H23ClN2O3S/c1-11(2)10-20-7-6-17-21(18,19)14-8-12(9-16-3)4-5-13(14)15/h4-5,8,11,16-17H,6-7,9-10H2,1-3H3.